The summed E-state index contributed by atoms with van der Waals surface area (Å²) >= 11 is 0. The summed E-state index contributed by atoms with van der Waals surface area (Å²) in [6.07, 6.45) is 2.78. The van der Waals surface area contributed by atoms with E-state index in [1.807, 2.05) is 36.5 Å². The summed E-state index contributed by atoms with van der Waals surface area (Å²) in [5.74, 6) is -0.0574. The molecule has 24 heavy (non-hydrogen) atoms. The van der Waals surface area contributed by atoms with E-state index in [-0.39, 0.29) is 5.91 Å². The number of hydrogen-bond donors (Lipinski definition) is 2. The third kappa shape index (κ3) is 3.78. The molecule has 0 aliphatic heterocycles. The summed E-state index contributed by atoms with van der Waals surface area (Å²) < 4.78 is 0. The molecule has 0 bridgehead atoms. The highest BCUT2D eigenvalue weighted by atomic mass is 16.1. The first-order valence-corrected chi connectivity index (χ1v) is 8.12. The molecule has 3 rings (SSSR count). The van der Waals surface area contributed by atoms with Crippen LogP contribution in [0, 0.1) is 0 Å². The number of fused-ring (bicyclic) bond motifs is 1. The third-order valence-electron chi connectivity index (χ3n) is 4.06. The maximum Gasteiger partial charge on any atom is 0.251 e. The van der Waals surface area contributed by atoms with Gasteiger partial charge in [0.1, 0.15) is 0 Å². The van der Waals surface area contributed by atoms with E-state index in [2.05, 4.69) is 39.9 Å². The second kappa shape index (κ2) is 7.70. The third-order valence-corrected chi connectivity index (χ3v) is 4.06. The lowest BCUT2D eigenvalue weighted by Gasteiger charge is -2.08. The zero-order valence-corrected chi connectivity index (χ0v) is 13.8. The van der Waals surface area contributed by atoms with Crippen LogP contribution in [0.25, 0.3) is 10.9 Å². The quantitative estimate of drug-likeness (QED) is 0.687. The Morgan fingerprint density at radius 3 is 2.62 bits per heavy atom. The van der Waals surface area contributed by atoms with E-state index in [1.165, 1.54) is 16.5 Å². The molecular weight excluding hydrogens is 298 g/mol. The number of carbonyl (C=O) groups excluding carboxylic acids is 1. The van der Waals surface area contributed by atoms with Gasteiger partial charge < -0.3 is 10.6 Å². The average Bonchev–Trinajstić information content (AvgIpc) is 2.65. The molecule has 0 unspecified atom stereocenters. The maximum atomic E-state index is 11.5. The summed E-state index contributed by atoms with van der Waals surface area (Å²) in [7, 11) is 1.64. The van der Waals surface area contributed by atoms with E-state index in [0.717, 1.165) is 25.0 Å². The molecule has 0 radical (unpaired) electrons. The van der Waals surface area contributed by atoms with Gasteiger partial charge in [0.15, 0.2) is 0 Å². The Morgan fingerprint density at radius 2 is 1.83 bits per heavy atom. The van der Waals surface area contributed by atoms with Crippen molar-refractivity contribution >= 4 is 16.8 Å². The molecule has 2 N–H and O–H groups in total. The number of rotatable bonds is 6. The van der Waals surface area contributed by atoms with Crippen molar-refractivity contribution in [3.8, 4) is 0 Å². The van der Waals surface area contributed by atoms with Gasteiger partial charge in [0, 0.05) is 30.7 Å². The van der Waals surface area contributed by atoms with Gasteiger partial charge in [0.05, 0.1) is 5.52 Å². The fraction of sp³-hybridized carbons (Fsp3) is 0.200. The minimum Gasteiger partial charge on any atom is -0.355 e. The van der Waals surface area contributed by atoms with Gasteiger partial charge in [-0.25, -0.2) is 0 Å². The Balaban J connectivity index is 1.54. The molecule has 3 aromatic rings. The number of nitrogens with one attached hydrogen (secondary N) is 2. The van der Waals surface area contributed by atoms with Crippen LogP contribution in [0.15, 0.2) is 60.8 Å². The van der Waals surface area contributed by atoms with Crippen LogP contribution >= 0.6 is 0 Å². The van der Waals surface area contributed by atoms with Crippen LogP contribution in [-0.4, -0.2) is 24.5 Å². The van der Waals surface area contributed by atoms with Crippen molar-refractivity contribution in [2.75, 3.05) is 13.6 Å². The maximum absolute atomic E-state index is 11.5. The number of para-hydroxylation sites is 1. The highest BCUT2D eigenvalue weighted by Gasteiger charge is 2.03. The van der Waals surface area contributed by atoms with Crippen molar-refractivity contribution in [1.29, 1.82) is 0 Å². The summed E-state index contributed by atoms with van der Waals surface area (Å²) in [6.45, 7) is 1.67. The van der Waals surface area contributed by atoms with Crippen molar-refractivity contribution in [2.24, 2.45) is 0 Å². The van der Waals surface area contributed by atoms with Crippen molar-refractivity contribution in [3.63, 3.8) is 0 Å². The van der Waals surface area contributed by atoms with Crippen LogP contribution in [0.5, 0.6) is 0 Å². The fourth-order valence-corrected chi connectivity index (χ4v) is 2.74. The molecule has 1 heterocycles. The first-order valence-electron chi connectivity index (χ1n) is 8.12. The topological polar surface area (TPSA) is 54.0 Å². The van der Waals surface area contributed by atoms with Crippen LogP contribution in [0.1, 0.15) is 21.5 Å². The smallest absolute Gasteiger partial charge is 0.251 e. The van der Waals surface area contributed by atoms with Crippen LogP contribution in [-0.2, 0) is 13.0 Å². The molecular formula is C20H21N3O. The molecule has 1 aromatic heterocycles. The average molecular weight is 319 g/mol. The summed E-state index contributed by atoms with van der Waals surface area (Å²) in [5.41, 5.74) is 4.19. The molecule has 0 saturated heterocycles. The van der Waals surface area contributed by atoms with Crippen molar-refractivity contribution < 1.29 is 4.79 Å². The van der Waals surface area contributed by atoms with Gasteiger partial charge in [-0.05, 0) is 42.3 Å². The fourth-order valence-electron chi connectivity index (χ4n) is 2.74. The second-order valence-electron chi connectivity index (χ2n) is 5.70. The van der Waals surface area contributed by atoms with Gasteiger partial charge in [0.25, 0.3) is 5.91 Å². The molecule has 0 saturated carbocycles. The number of nitrogens with zero attached hydrogens (tertiary/aromatic N) is 1. The van der Waals surface area contributed by atoms with Crippen LogP contribution in [0.3, 0.4) is 0 Å². The van der Waals surface area contributed by atoms with Gasteiger partial charge in [-0.15, -0.1) is 0 Å². The molecule has 0 atom stereocenters. The Morgan fingerprint density at radius 1 is 1.04 bits per heavy atom. The zero-order valence-electron chi connectivity index (χ0n) is 13.8. The van der Waals surface area contributed by atoms with E-state index in [4.69, 9.17) is 0 Å². The number of carbonyl (C=O) groups is 1. The second-order valence-corrected chi connectivity index (χ2v) is 5.70. The number of hydrogen-bond acceptors (Lipinski definition) is 3. The molecule has 4 heteroatoms. The van der Waals surface area contributed by atoms with Gasteiger partial charge in [-0.1, -0.05) is 36.4 Å². The lowest BCUT2D eigenvalue weighted by Crippen LogP contribution is -2.18. The van der Waals surface area contributed by atoms with Crippen molar-refractivity contribution in [1.82, 2.24) is 15.6 Å². The van der Waals surface area contributed by atoms with Gasteiger partial charge >= 0.3 is 0 Å². The van der Waals surface area contributed by atoms with E-state index < -0.39 is 0 Å². The molecule has 0 aliphatic carbocycles. The SMILES string of the molecule is CNC(=O)c1ccc(CNCCc2cccc3cccnc23)cc1. The van der Waals surface area contributed by atoms with Crippen LogP contribution < -0.4 is 10.6 Å². The highest BCUT2D eigenvalue weighted by molar-refractivity contribution is 5.93. The Kier molecular flexibility index (Phi) is 5.18. The monoisotopic (exact) mass is 319 g/mol. The van der Waals surface area contributed by atoms with E-state index in [1.54, 1.807) is 7.05 Å². The summed E-state index contributed by atoms with van der Waals surface area (Å²) in [5, 5.41) is 7.25. The predicted octanol–water partition coefficient (Wildman–Crippen LogP) is 2.93. The first-order chi connectivity index (χ1) is 11.8. The number of benzene rings is 2. The van der Waals surface area contributed by atoms with Crippen molar-refractivity contribution in [3.05, 3.63) is 77.5 Å². The molecule has 4 nitrogen and oxygen atoms in total. The Bertz CT molecular complexity index is 822. The van der Waals surface area contributed by atoms with E-state index >= 15 is 0 Å². The van der Waals surface area contributed by atoms with E-state index in [9.17, 15) is 4.79 Å². The summed E-state index contributed by atoms with van der Waals surface area (Å²) in [6, 6.07) is 18.0. The lowest BCUT2D eigenvalue weighted by molar-refractivity contribution is 0.0963. The van der Waals surface area contributed by atoms with Gasteiger partial charge in [0.2, 0.25) is 0 Å². The standard InChI is InChI=1S/C20H21N3O/c1-21-20(24)18-9-7-15(8-10-18)14-22-13-11-17-5-2-4-16-6-3-12-23-19(16)17/h2-10,12,22H,11,13-14H2,1H3,(H,21,24). The molecule has 0 fully saturated rings. The molecule has 0 aliphatic rings. The molecule has 0 spiro atoms. The zero-order chi connectivity index (χ0) is 16.8. The number of pyridine rings is 1. The first kappa shape index (κ1) is 16.1. The molecule has 122 valence electrons. The minimum atomic E-state index is -0.0574. The number of amides is 1. The minimum absolute atomic E-state index is 0.0574. The van der Waals surface area contributed by atoms with Crippen LogP contribution in [0.2, 0.25) is 0 Å². The van der Waals surface area contributed by atoms with Gasteiger partial charge in [-0.3, -0.25) is 9.78 Å². The Hall–Kier alpha value is -2.72. The lowest BCUT2D eigenvalue weighted by atomic mass is 10.1. The van der Waals surface area contributed by atoms with Crippen molar-refractivity contribution in [2.45, 2.75) is 13.0 Å². The normalized spacial score (nSPS) is 10.7. The Labute approximate surface area is 141 Å². The summed E-state index contributed by atoms with van der Waals surface area (Å²) in [4.78, 5) is 16.0. The predicted molar refractivity (Wildman–Crippen MR) is 97.0 cm³/mol. The highest BCUT2D eigenvalue weighted by Crippen LogP contribution is 2.16. The van der Waals surface area contributed by atoms with Gasteiger partial charge in [-0.2, -0.15) is 0 Å². The van der Waals surface area contributed by atoms with Crippen LogP contribution in [0.4, 0.5) is 0 Å². The number of aromatic nitrogens is 1. The molecule has 1 amide bonds. The molecule has 2 aromatic carbocycles. The largest absolute Gasteiger partial charge is 0.355 e. The van der Waals surface area contributed by atoms with E-state index in [0.29, 0.717) is 5.56 Å².